The number of aryl methyl sites for hydroxylation is 1. The Morgan fingerprint density at radius 1 is 1.22 bits per heavy atom. The van der Waals surface area contributed by atoms with Crippen molar-refractivity contribution < 1.29 is 22.8 Å². The number of nitrogens with zero attached hydrogens (tertiary/aromatic N) is 3. The molecule has 0 atom stereocenters. The summed E-state index contributed by atoms with van der Waals surface area (Å²) in [5.41, 5.74) is -0.586. The predicted octanol–water partition coefficient (Wildman–Crippen LogP) is 4.51. The van der Waals surface area contributed by atoms with Gasteiger partial charge in [0.2, 0.25) is 0 Å². The monoisotopic (exact) mass is 379 g/mol. The number of alkyl halides is 1. The van der Waals surface area contributed by atoms with Crippen molar-refractivity contribution in [1.82, 2.24) is 9.55 Å². The average molecular weight is 379 g/mol. The molecule has 0 aliphatic rings. The minimum absolute atomic E-state index is 0.0532. The van der Waals surface area contributed by atoms with Crippen LogP contribution in [0.5, 0.6) is 5.75 Å². The maximum atomic E-state index is 14.0. The highest BCUT2D eigenvalue weighted by Gasteiger charge is 2.31. The van der Waals surface area contributed by atoms with Crippen molar-refractivity contribution in [3.63, 3.8) is 0 Å². The summed E-state index contributed by atoms with van der Waals surface area (Å²) in [6.07, 6.45) is 0. The third-order valence-corrected chi connectivity index (χ3v) is 4.05. The molecular formula is C18H16F3N3O3. The first-order valence-electron chi connectivity index (χ1n) is 8.08. The van der Waals surface area contributed by atoms with Crippen LogP contribution in [0.1, 0.15) is 19.7 Å². The lowest BCUT2D eigenvalue weighted by Crippen LogP contribution is -2.30. The van der Waals surface area contributed by atoms with Gasteiger partial charge in [-0.2, -0.15) is 0 Å². The van der Waals surface area contributed by atoms with Gasteiger partial charge in [0.1, 0.15) is 12.5 Å². The molecule has 0 aliphatic carbocycles. The molecule has 2 aromatic carbocycles. The molecule has 3 rings (SSSR count). The largest absolute Gasteiger partial charge is 0.477 e. The summed E-state index contributed by atoms with van der Waals surface area (Å²) >= 11 is 0. The van der Waals surface area contributed by atoms with E-state index >= 15 is 0 Å². The molecule has 9 heteroatoms. The SMILES string of the molecule is CC(C)(Oc1ccc(F)cc1F)c1nc2cc([N+](=O)[O-])ccc2n1CCF. The fourth-order valence-corrected chi connectivity index (χ4v) is 2.88. The van der Waals surface area contributed by atoms with Gasteiger partial charge in [-0.1, -0.05) is 0 Å². The summed E-state index contributed by atoms with van der Waals surface area (Å²) in [4.78, 5) is 14.8. The molecular weight excluding hydrogens is 363 g/mol. The van der Waals surface area contributed by atoms with E-state index in [1.165, 1.54) is 22.8 Å². The summed E-state index contributed by atoms with van der Waals surface area (Å²) in [6.45, 7) is 2.44. The summed E-state index contributed by atoms with van der Waals surface area (Å²) < 4.78 is 47.4. The number of halogens is 3. The standard InChI is InChI=1S/C18H16F3N3O3/c1-18(2,27-16-6-3-11(20)9-13(16)21)17-22-14-10-12(24(25)26)4-5-15(14)23(17)8-7-19/h3-6,9-10H,7-8H2,1-2H3. The number of imidazole rings is 1. The molecule has 1 aromatic heterocycles. The van der Waals surface area contributed by atoms with Crippen LogP contribution in [0.2, 0.25) is 0 Å². The predicted molar refractivity (Wildman–Crippen MR) is 92.4 cm³/mol. The molecule has 0 radical (unpaired) electrons. The van der Waals surface area contributed by atoms with Gasteiger partial charge in [-0.3, -0.25) is 10.1 Å². The maximum Gasteiger partial charge on any atom is 0.271 e. The number of ether oxygens (including phenoxy) is 1. The number of hydrogen-bond acceptors (Lipinski definition) is 4. The van der Waals surface area contributed by atoms with Crippen molar-refractivity contribution in [2.24, 2.45) is 0 Å². The number of non-ortho nitro benzene ring substituents is 1. The van der Waals surface area contributed by atoms with Crippen LogP contribution < -0.4 is 4.74 Å². The van der Waals surface area contributed by atoms with Crippen LogP contribution in [0.25, 0.3) is 11.0 Å². The van der Waals surface area contributed by atoms with E-state index in [1.54, 1.807) is 13.8 Å². The Labute approximate surface area is 152 Å². The maximum absolute atomic E-state index is 14.0. The van der Waals surface area contributed by atoms with E-state index in [0.717, 1.165) is 12.1 Å². The second-order valence-corrected chi connectivity index (χ2v) is 6.39. The van der Waals surface area contributed by atoms with Crippen molar-refractivity contribution >= 4 is 16.7 Å². The van der Waals surface area contributed by atoms with Crippen molar-refractivity contribution in [2.45, 2.75) is 26.0 Å². The van der Waals surface area contributed by atoms with Crippen LogP contribution in [-0.2, 0) is 12.1 Å². The van der Waals surface area contributed by atoms with Crippen molar-refractivity contribution in [1.29, 1.82) is 0 Å². The zero-order chi connectivity index (χ0) is 19.8. The third-order valence-electron chi connectivity index (χ3n) is 4.05. The van der Waals surface area contributed by atoms with Gasteiger partial charge in [-0.25, -0.2) is 18.2 Å². The first-order valence-corrected chi connectivity index (χ1v) is 8.08. The van der Waals surface area contributed by atoms with E-state index in [-0.39, 0.29) is 23.8 Å². The highest BCUT2D eigenvalue weighted by Crippen LogP contribution is 2.32. The normalized spacial score (nSPS) is 11.7. The first-order chi connectivity index (χ1) is 12.7. The molecule has 0 fully saturated rings. The van der Waals surface area contributed by atoms with E-state index < -0.39 is 28.8 Å². The Morgan fingerprint density at radius 3 is 2.59 bits per heavy atom. The van der Waals surface area contributed by atoms with Crippen molar-refractivity contribution in [3.8, 4) is 5.75 Å². The van der Waals surface area contributed by atoms with Crippen LogP contribution in [0.3, 0.4) is 0 Å². The van der Waals surface area contributed by atoms with Crippen LogP contribution in [0, 0.1) is 21.7 Å². The van der Waals surface area contributed by atoms with Crippen LogP contribution >= 0.6 is 0 Å². The number of aromatic nitrogens is 2. The van der Waals surface area contributed by atoms with Gasteiger partial charge in [0.25, 0.3) is 5.69 Å². The Kier molecular flexibility index (Phi) is 4.77. The molecule has 0 unspecified atom stereocenters. The number of fused-ring (bicyclic) bond motifs is 1. The molecule has 142 valence electrons. The average Bonchev–Trinajstić information content (AvgIpc) is 2.96. The quantitative estimate of drug-likeness (QED) is 0.467. The smallest absolute Gasteiger partial charge is 0.271 e. The highest BCUT2D eigenvalue weighted by atomic mass is 19.1. The van der Waals surface area contributed by atoms with Gasteiger partial charge in [0, 0.05) is 18.2 Å². The number of nitro benzene ring substituents is 1. The molecule has 0 amide bonds. The molecule has 27 heavy (non-hydrogen) atoms. The topological polar surface area (TPSA) is 70.2 Å². The molecule has 0 N–H and O–H groups in total. The van der Waals surface area contributed by atoms with Gasteiger partial charge in [0.15, 0.2) is 23.0 Å². The van der Waals surface area contributed by atoms with E-state index in [0.29, 0.717) is 17.1 Å². The Morgan fingerprint density at radius 2 is 1.96 bits per heavy atom. The van der Waals surface area contributed by atoms with Gasteiger partial charge >= 0.3 is 0 Å². The Bertz CT molecular complexity index is 1020. The third kappa shape index (κ3) is 3.57. The molecule has 0 saturated heterocycles. The molecule has 6 nitrogen and oxygen atoms in total. The summed E-state index contributed by atoms with van der Waals surface area (Å²) in [5.74, 6) is -1.55. The lowest BCUT2D eigenvalue weighted by molar-refractivity contribution is -0.384. The fraction of sp³-hybridized carbons (Fsp3) is 0.278. The summed E-state index contributed by atoms with van der Waals surface area (Å²) in [7, 11) is 0. The minimum Gasteiger partial charge on any atom is -0.477 e. The molecule has 0 saturated carbocycles. The van der Waals surface area contributed by atoms with E-state index in [9.17, 15) is 23.3 Å². The molecule has 1 heterocycles. The lowest BCUT2D eigenvalue weighted by Gasteiger charge is -2.27. The van der Waals surface area contributed by atoms with Crippen LogP contribution in [-0.4, -0.2) is 21.1 Å². The van der Waals surface area contributed by atoms with E-state index in [4.69, 9.17) is 4.74 Å². The number of nitro groups is 1. The van der Waals surface area contributed by atoms with Gasteiger partial charge in [-0.15, -0.1) is 0 Å². The molecule has 0 spiro atoms. The van der Waals surface area contributed by atoms with Crippen LogP contribution in [0.15, 0.2) is 36.4 Å². The van der Waals surface area contributed by atoms with Gasteiger partial charge in [0.05, 0.1) is 22.5 Å². The fourth-order valence-electron chi connectivity index (χ4n) is 2.88. The molecule has 3 aromatic rings. The number of benzene rings is 2. The van der Waals surface area contributed by atoms with Gasteiger partial charge in [-0.05, 0) is 32.0 Å². The zero-order valence-electron chi connectivity index (χ0n) is 14.6. The number of rotatable bonds is 6. The Hall–Kier alpha value is -3.10. The second kappa shape index (κ2) is 6.90. The highest BCUT2D eigenvalue weighted by molar-refractivity contribution is 5.79. The summed E-state index contributed by atoms with van der Waals surface area (Å²) in [6, 6.07) is 6.97. The number of hydrogen-bond donors (Lipinski definition) is 0. The Balaban J connectivity index is 2.09. The minimum atomic E-state index is -1.22. The summed E-state index contributed by atoms with van der Waals surface area (Å²) in [5, 5.41) is 11.0. The van der Waals surface area contributed by atoms with E-state index in [1.807, 2.05) is 0 Å². The molecule has 0 aliphatic heterocycles. The zero-order valence-corrected chi connectivity index (χ0v) is 14.6. The lowest BCUT2D eigenvalue weighted by atomic mass is 10.1. The van der Waals surface area contributed by atoms with Crippen molar-refractivity contribution in [3.05, 3.63) is 64.0 Å². The van der Waals surface area contributed by atoms with Gasteiger partial charge < -0.3 is 9.30 Å². The first kappa shape index (κ1) is 18.7. The van der Waals surface area contributed by atoms with Crippen molar-refractivity contribution in [2.75, 3.05) is 6.67 Å². The van der Waals surface area contributed by atoms with E-state index in [2.05, 4.69) is 4.98 Å². The second-order valence-electron chi connectivity index (χ2n) is 6.39. The molecule has 0 bridgehead atoms. The van der Waals surface area contributed by atoms with Crippen LogP contribution in [0.4, 0.5) is 18.9 Å².